The number of rotatable bonds is 5. The van der Waals surface area contributed by atoms with E-state index in [1.807, 2.05) is 30.7 Å². The summed E-state index contributed by atoms with van der Waals surface area (Å²) in [6, 6.07) is 10.6. The van der Waals surface area contributed by atoms with Crippen molar-refractivity contribution in [2.75, 3.05) is 0 Å². The highest BCUT2D eigenvalue weighted by Crippen LogP contribution is 2.34. The highest BCUT2D eigenvalue weighted by Gasteiger charge is 2.16. The van der Waals surface area contributed by atoms with Crippen LogP contribution in [0.25, 0.3) is 0 Å². The number of pyridine rings is 1. The van der Waals surface area contributed by atoms with E-state index in [1.54, 1.807) is 30.1 Å². The molecule has 3 aromatic rings. The molecule has 5 heteroatoms. The quantitative estimate of drug-likeness (QED) is 0.678. The Morgan fingerprint density at radius 2 is 2.09 bits per heavy atom. The number of hydrogen-bond donors (Lipinski definition) is 0. The summed E-state index contributed by atoms with van der Waals surface area (Å²) in [5.41, 5.74) is 2.14. The molecule has 0 saturated carbocycles. The van der Waals surface area contributed by atoms with Gasteiger partial charge in [0.15, 0.2) is 0 Å². The molecule has 1 aromatic carbocycles. The molecule has 3 rings (SSSR count). The molecule has 0 N–H and O–H groups in total. The monoisotopic (exact) mass is 327 g/mol. The lowest BCUT2D eigenvalue weighted by molar-refractivity contribution is 0.624. The molecule has 0 radical (unpaired) electrons. The van der Waals surface area contributed by atoms with Crippen LogP contribution < -0.4 is 0 Å². The van der Waals surface area contributed by atoms with Gasteiger partial charge in [-0.2, -0.15) is 0 Å². The van der Waals surface area contributed by atoms with Crippen molar-refractivity contribution in [2.24, 2.45) is 0 Å². The van der Waals surface area contributed by atoms with Gasteiger partial charge in [-0.3, -0.25) is 4.98 Å². The molecule has 2 heterocycles. The maximum atomic E-state index is 13.5. The van der Waals surface area contributed by atoms with Crippen LogP contribution >= 0.6 is 11.8 Å². The Kier molecular flexibility index (Phi) is 4.76. The van der Waals surface area contributed by atoms with Crippen LogP contribution in [0, 0.1) is 5.82 Å². The molecule has 0 aliphatic carbocycles. The van der Waals surface area contributed by atoms with E-state index >= 15 is 0 Å². The fraction of sp³-hybridized carbons (Fsp3) is 0.222. The lowest BCUT2D eigenvalue weighted by Gasteiger charge is -2.11. The smallest absolute Gasteiger partial charge is 0.124 e. The summed E-state index contributed by atoms with van der Waals surface area (Å²) in [4.78, 5) is 9.59. The third-order valence-electron chi connectivity index (χ3n) is 3.45. The lowest BCUT2D eigenvalue weighted by atomic mass is 10.1. The first-order valence-electron chi connectivity index (χ1n) is 7.51. The van der Waals surface area contributed by atoms with Gasteiger partial charge in [0, 0.05) is 17.3 Å². The Bertz CT molecular complexity index is 784. The van der Waals surface area contributed by atoms with Crippen LogP contribution in [0.15, 0.2) is 65.0 Å². The number of halogens is 1. The molecule has 0 saturated heterocycles. The van der Waals surface area contributed by atoms with Crippen LogP contribution in [0.1, 0.15) is 31.0 Å². The number of hydrogen-bond acceptors (Lipinski definition) is 3. The first-order valence-corrected chi connectivity index (χ1v) is 8.32. The Labute approximate surface area is 139 Å². The Morgan fingerprint density at radius 1 is 1.22 bits per heavy atom. The number of aromatic nitrogens is 3. The van der Waals surface area contributed by atoms with Crippen molar-refractivity contribution in [3.05, 3.63) is 72.2 Å². The highest BCUT2D eigenvalue weighted by atomic mass is 32.2. The maximum absolute atomic E-state index is 13.5. The summed E-state index contributed by atoms with van der Waals surface area (Å²) in [5, 5.41) is 1.05. The topological polar surface area (TPSA) is 30.7 Å². The van der Waals surface area contributed by atoms with Crippen LogP contribution in [0.5, 0.6) is 0 Å². The van der Waals surface area contributed by atoms with Crippen LogP contribution in [-0.2, 0) is 6.54 Å². The average Bonchev–Trinajstić information content (AvgIpc) is 2.91. The molecule has 0 amide bonds. The molecule has 0 atom stereocenters. The van der Waals surface area contributed by atoms with Crippen LogP contribution in [0.2, 0.25) is 0 Å². The second kappa shape index (κ2) is 6.96. The summed E-state index contributed by atoms with van der Waals surface area (Å²) >= 11 is 1.55. The third kappa shape index (κ3) is 3.79. The predicted molar refractivity (Wildman–Crippen MR) is 90.2 cm³/mol. The minimum absolute atomic E-state index is 0.223. The van der Waals surface area contributed by atoms with E-state index in [1.165, 1.54) is 6.07 Å². The van der Waals surface area contributed by atoms with Gasteiger partial charge in [-0.25, -0.2) is 9.37 Å². The molecule has 0 aliphatic rings. The molecule has 0 aliphatic heterocycles. The fourth-order valence-electron chi connectivity index (χ4n) is 2.34. The van der Waals surface area contributed by atoms with Gasteiger partial charge < -0.3 is 4.57 Å². The van der Waals surface area contributed by atoms with Gasteiger partial charge in [0.1, 0.15) is 10.8 Å². The van der Waals surface area contributed by atoms with Gasteiger partial charge in [0.05, 0.1) is 18.6 Å². The van der Waals surface area contributed by atoms with E-state index in [0.29, 0.717) is 12.5 Å². The number of benzene rings is 1. The van der Waals surface area contributed by atoms with E-state index in [9.17, 15) is 4.39 Å². The molecule has 0 spiro atoms. The van der Waals surface area contributed by atoms with E-state index in [0.717, 1.165) is 21.2 Å². The van der Waals surface area contributed by atoms with E-state index in [-0.39, 0.29) is 5.82 Å². The van der Waals surface area contributed by atoms with Gasteiger partial charge in [-0.05, 0) is 35.7 Å². The van der Waals surface area contributed by atoms with E-state index in [2.05, 4.69) is 28.4 Å². The molecule has 0 bridgehead atoms. The lowest BCUT2D eigenvalue weighted by Crippen LogP contribution is -2.01. The van der Waals surface area contributed by atoms with E-state index < -0.39 is 0 Å². The highest BCUT2D eigenvalue weighted by molar-refractivity contribution is 7.99. The Hall–Kier alpha value is -2.14. The Balaban J connectivity index is 1.94. The molecule has 118 valence electrons. The fourth-order valence-corrected chi connectivity index (χ4v) is 3.50. The van der Waals surface area contributed by atoms with Gasteiger partial charge in [0.2, 0.25) is 0 Å². The zero-order chi connectivity index (χ0) is 16.2. The van der Waals surface area contributed by atoms with E-state index in [4.69, 9.17) is 0 Å². The zero-order valence-electron chi connectivity index (χ0n) is 13.1. The van der Waals surface area contributed by atoms with Gasteiger partial charge in [0.25, 0.3) is 0 Å². The normalized spacial score (nSPS) is 11.1. The summed E-state index contributed by atoms with van der Waals surface area (Å²) in [6.07, 6.45) is 5.47. The minimum Gasteiger partial charge on any atom is -0.321 e. The van der Waals surface area contributed by atoms with Crippen molar-refractivity contribution >= 4 is 11.8 Å². The third-order valence-corrected chi connectivity index (χ3v) is 4.58. The summed E-state index contributed by atoms with van der Waals surface area (Å²) < 4.78 is 15.6. The van der Waals surface area contributed by atoms with Crippen LogP contribution in [-0.4, -0.2) is 14.5 Å². The summed E-state index contributed by atoms with van der Waals surface area (Å²) in [6.45, 7) is 4.93. The first kappa shape index (κ1) is 15.7. The summed E-state index contributed by atoms with van der Waals surface area (Å²) in [5.74, 6) is 0.0839. The predicted octanol–water partition coefficient (Wildman–Crippen LogP) is 4.74. The summed E-state index contributed by atoms with van der Waals surface area (Å²) in [7, 11) is 0. The molecular formula is C18H18FN3S. The molecule has 2 aromatic heterocycles. The molecular weight excluding hydrogens is 309 g/mol. The molecule has 0 unspecified atom stereocenters. The molecule has 0 fully saturated rings. The van der Waals surface area contributed by atoms with Crippen molar-refractivity contribution in [3.63, 3.8) is 0 Å². The van der Waals surface area contributed by atoms with Crippen molar-refractivity contribution in [3.8, 4) is 0 Å². The van der Waals surface area contributed by atoms with Gasteiger partial charge in [-0.15, -0.1) is 0 Å². The minimum atomic E-state index is -0.223. The van der Waals surface area contributed by atoms with Crippen molar-refractivity contribution < 1.29 is 4.39 Å². The number of imidazole rings is 1. The van der Waals surface area contributed by atoms with Crippen molar-refractivity contribution in [1.29, 1.82) is 0 Å². The van der Waals surface area contributed by atoms with Crippen LogP contribution in [0.4, 0.5) is 4.39 Å². The second-order valence-corrected chi connectivity index (χ2v) is 6.70. The molecule has 23 heavy (non-hydrogen) atoms. The maximum Gasteiger partial charge on any atom is 0.124 e. The van der Waals surface area contributed by atoms with Crippen LogP contribution in [0.3, 0.4) is 0 Å². The van der Waals surface area contributed by atoms with Crippen molar-refractivity contribution in [1.82, 2.24) is 14.5 Å². The van der Waals surface area contributed by atoms with Crippen molar-refractivity contribution in [2.45, 2.75) is 36.2 Å². The first-order chi connectivity index (χ1) is 11.1. The second-order valence-electron chi connectivity index (χ2n) is 5.64. The SMILES string of the molecule is CC(C)c1ncn(Cc2cccnc2)c1Sc1cccc(F)c1. The largest absolute Gasteiger partial charge is 0.321 e. The average molecular weight is 327 g/mol. The standard InChI is InChI=1S/C18H18FN3S/c1-13(2)17-18(23-16-7-3-6-15(19)9-16)22(12-21-17)11-14-5-4-8-20-10-14/h3-10,12-13H,11H2,1-2H3. The molecule has 3 nitrogen and oxygen atoms in total. The zero-order valence-corrected chi connectivity index (χ0v) is 13.9. The Morgan fingerprint density at radius 3 is 2.78 bits per heavy atom. The van der Waals surface area contributed by atoms with Gasteiger partial charge in [-0.1, -0.05) is 37.7 Å². The van der Waals surface area contributed by atoms with Gasteiger partial charge >= 0.3 is 0 Å². The number of nitrogens with zero attached hydrogens (tertiary/aromatic N) is 3.